The Balaban J connectivity index is 1.58. The second-order valence-corrected chi connectivity index (χ2v) is 6.40. The van der Waals surface area contributed by atoms with Crippen LogP contribution in [0.2, 0.25) is 0 Å². The molecular formula is C18H23N5O2. The van der Waals surface area contributed by atoms with Crippen molar-refractivity contribution in [1.29, 1.82) is 0 Å². The first kappa shape index (κ1) is 17.1. The Morgan fingerprint density at radius 2 is 2.20 bits per heavy atom. The number of carbonyl (C=O) groups excluding carboxylic acids is 2. The molecule has 0 bridgehead atoms. The number of nitrogens with zero attached hydrogens (tertiary/aromatic N) is 4. The van der Waals surface area contributed by atoms with Crippen LogP contribution in [0.1, 0.15) is 42.1 Å². The monoisotopic (exact) mass is 341 g/mol. The van der Waals surface area contributed by atoms with Crippen molar-refractivity contribution in [2.75, 3.05) is 13.1 Å². The lowest BCUT2D eigenvalue weighted by Crippen LogP contribution is -2.37. The van der Waals surface area contributed by atoms with Gasteiger partial charge in [0, 0.05) is 31.1 Å². The molecule has 1 N–H and O–H groups in total. The Kier molecular flexibility index (Phi) is 5.42. The fraction of sp³-hybridized carbons (Fsp3) is 0.444. The smallest absolute Gasteiger partial charge is 0.251 e. The number of aromatic nitrogens is 3. The first-order valence-electron chi connectivity index (χ1n) is 8.62. The van der Waals surface area contributed by atoms with Gasteiger partial charge >= 0.3 is 0 Å². The SMILES string of the molecule is C[C@@H](CCN1CCCC1=O)NC(=O)c1ccccc1Cn1cncn1. The molecule has 0 radical (unpaired) electrons. The summed E-state index contributed by atoms with van der Waals surface area (Å²) in [5, 5.41) is 7.12. The molecule has 2 heterocycles. The minimum Gasteiger partial charge on any atom is -0.350 e. The van der Waals surface area contributed by atoms with Crippen molar-refractivity contribution in [3.63, 3.8) is 0 Å². The van der Waals surface area contributed by atoms with E-state index in [9.17, 15) is 9.59 Å². The molecule has 132 valence electrons. The standard InChI is InChI=1S/C18H23N5O2/c1-14(8-10-22-9-4-7-17(22)24)21-18(25)16-6-3-2-5-15(16)11-23-13-19-12-20-23/h2-3,5-6,12-14H,4,7-11H2,1H3,(H,21,25)/t14-/m0/s1. The first-order chi connectivity index (χ1) is 12.1. The molecule has 1 aromatic carbocycles. The van der Waals surface area contributed by atoms with Crippen molar-refractivity contribution in [3.8, 4) is 0 Å². The van der Waals surface area contributed by atoms with Gasteiger partial charge < -0.3 is 10.2 Å². The maximum atomic E-state index is 12.6. The van der Waals surface area contributed by atoms with Crippen LogP contribution in [0.4, 0.5) is 0 Å². The average Bonchev–Trinajstić information content (AvgIpc) is 3.25. The zero-order chi connectivity index (χ0) is 17.6. The lowest BCUT2D eigenvalue weighted by molar-refractivity contribution is -0.127. The van der Waals surface area contributed by atoms with Gasteiger partial charge in [0.1, 0.15) is 12.7 Å². The maximum Gasteiger partial charge on any atom is 0.251 e. The van der Waals surface area contributed by atoms with Gasteiger partial charge in [-0.25, -0.2) is 9.67 Å². The Labute approximate surface area is 147 Å². The Morgan fingerprint density at radius 1 is 1.36 bits per heavy atom. The fourth-order valence-corrected chi connectivity index (χ4v) is 3.03. The third-order valence-corrected chi connectivity index (χ3v) is 4.44. The summed E-state index contributed by atoms with van der Waals surface area (Å²) >= 11 is 0. The zero-order valence-corrected chi connectivity index (χ0v) is 14.4. The summed E-state index contributed by atoms with van der Waals surface area (Å²) in [6.45, 7) is 4.00. The summed E-state index contributed by atoms with van der Waals surface area (Å²) in [6, 6.07) is 7.50. The number of likely N-dealkylation sites (tertiary alicyclic amines) is 1. The number of rotatable bonds is 7. The van der Waals surface area contributed by atoms with Crippen molar-refractivity contribution in [2.45, 2.75) is 38.8 Å². The van der Waals surface area contributed by atoms with Gasteiger partial charge in [-0.3, -0.25) is 9.59 Å². The van der Waals surface area contributed by atoms with Crippen LogP contribution in [0, 0.1) is 0 Å². The summed E-state index contributed by atoms with van der Waals surface area (Å²) in [7, 11) is 0. The van der Waals surface area contributed by atoms with Crippen LogP contribution in [0.25, 0.3) is 0 Å². The van der Waals surface area contributed by atoms with Gasteiger partial charge in [-0.2, -0.15) is 5.10 Å². The third-order valence-electron chi connectivity index (χ3n) is 4.44. The van der Waals surface area contributed by atoms with Gasteiger partial charge in [0.2, 0.25) is 5.91 Å². The van der Waals surface area contributed by atoms with Crippen LogP contribution in [-0.2, 0) is 11.3 Å². The minimum absolute atomic E-state index is 0.000302. The van der Waals surface area contributed by atoms with Crippen LogP contribution in [0.15, 0.2) is 36.9 Å². The van der Waals surface area contributed by atoms with Crippen molar-refractivity contribution >= 4 is 11.8 Å². The number of nitrogens with one attached hydrogen (secondary N) is 1. The molecule has 25 heavy (non-hydrogen) atoms. The molecule has 3 rings (SSSR count). The second kappa shape index (κ2) is 7.92. The number of amides is 2. The molecule has 2 aromatic rings. The predicted molar refractivity (Wildman–Crippen MR) is 92.9 cm³/mol. The van der Waals surface area contributed by atoms with E-state index in [2.05, 4.69) is 15.4 Å². The molecule has 1 fully saturated rings. The van der Waals surface area contributed by atoms with E-state index in [0.29, 0.717) is 25.1 Å². The van der Waals surface area contributed by atoms with Crippen LogP contribution in [0.3, 0.4) is 0 Å². The molecule has 0 aliphatic carbocycles. The molecule has 2 amide bonds. The summed E-state index contributed by atoms with van der Waals surface area (Å²) in [6.07, 6.45) is 5.45. The fourth-order valence-electron chi connectivity index (χ4n) is 3.03. The summed E-state index contributed by atoms with van der Waals surface area (Å²) < 4.78 is 1.69. The van der Waals surface area contributed by atoms with Crippen molar-refractivity contribution in [3.05, 3.63) is 48.0 Å². The molecule has 0 spiro atoms. The molecule has 0 unspecified atom stereocenters. The van der Waals surface area contributed by atoms with Crippen molar-refractivity contribution in [1.82, 2.24) is 25.0 Å². The van der Waals surface area contributed by atoms with E-state index in [1.807, 2.05) is 36.1 Å². The van der Waals surface area contributed by atoms with E-state index < -0.39 is 0 Å². The lowest BCUT2D eigenvalue weighted by Gasteiger charge is -2.20. The molecular weight excluding hydrogens is 318 g/mol. The van der Waals surface area contributed by atoms with E-state index >= 15 is 0 Å². The van der Waals surface area contributed by atoms with Gasteiger partial charge in [0.05, 0.1) is 6.54 Å². The van der Waals surface area contributed by atoms with Crippen molar-refractivity contribution in [2.24, 2.45) is 0 Å². The summed E-state index contributed by atoms with van der Waals surface area (Å²) in [5.74, 6) is 0.118. The topological polar surface area (TPSA) is 80.1 Å². The Morgan fingerprint density at radius 3 is 2.92 bits per heavy atom. The van der Waals surface area contributed by atoms with Crippen LogP contribution in [0.5, 0.6) is 0 Å². The Hall–Kier alpha value is -2.70. The zero-order valence-electron chi connectivity index (χ0n) is 14.4. The van der Waals surface area contributed by atoms with Gasteiger partial charge in [-0.05, 0) is 31.4 Å². The van der Waals surface area contributed by atoms with Crippen LogP contribution in [-0.4, -0.2) is 50.6 Å². The third kappa shape index (κ3) is 4.43. The van der Waals surface area contributed by atoms with E-state index in [0.717, 1.165) is 24.9 Å². The molecule has 7 nitrogen and oxygen atoms in total. The number of hydrogen-bond acceptors (Lipinski definition) is 4. The van der Waals surface area contributed by atoms with E-state index in [-0.39, 0.29) is 17.9 Å². The molecule has 1 aliphatic rings. The molecule has 0 saturated carbocycles. The lowest BCUT2D eigenvalue weighted by atomic mass is 10.1. The molecule has 1 atom stereocenters. The highest BCUT2D eigenvalue weighted by molar-refractivity contribution is 5.95. The molecule has 1 aromatic heterocycles. The highest BCUT2D eigenvalue weighted by Crippen LogP contribution is 2.12. The first-order valence-corrected chi connectivity index (χ1v) is 8.62. The van der Waals surface area contributed by atoms with Crippen molar-refractivity contribution < 1.29 is 9.59 Å². The number of benzene rings is 1. The second-order valence-electron chi connectivity index (χ2n) is 6.40. The maximum absolute atomic E-state index is 12.6. The van der Waals surface area contributed by atoms with Gasteiger partial charge in [-0.15, -0.1) is 0 Å². The normalized spacial score (nSPS) is 15.4. The molecule has 7 heteroatoms. The predicted octanol–water partition coefficient (Wildman–Crippen LogP) is 1.46. The highest BCUT2D eigenvalue weighted by Gasteiger charge is 2.21. The number of carbonyl (C=O) groups is 2. The van der Waals surface area contributed by atoms with E-state index in [1.165, 1.54) is 6.33 Å². The van der Waals surface area contributed by atoms with E-state index in [1.54, 1.807) is 11.0 Å². The van der Waals surface area contributed by atoms with Gasteiger partial charge in [0.15, 0.2) is 0 Å². The van der Waals surface area contributed by atoms with Crippen LogP contribution < -0.4 is 5.32 Å². The Bertz CT molecular complexity index is 729. The largest absolute Gasteiger partial charge is 0.350 e. The average molecular weight is 341 g/mol. The summed E-state index contributed by atoms with van der Waals surface area (Å²) in [4.78, 5) is 30.1. The van der Waals surface area contributed by atoms with Crippen LogP contribution >= 0.6 is 0 Å². The highest BCUT2D eigenvalue weighted by atomic mass is 16.2. The molecule has 1 saturated heterocycles. The quantitative estimate of drug-likeness (QED) is 0.827. The molecule has 1 aliphatic heterocycles. The minimum atomic E-state index is -0.101. The summed E-state index contributed by atoms with van der Waals surface area (Å²) in [5.41, 5.74) is 1.54. The van der Waals surface area contributed by atoms with Gasteiger partial charge in [-0.1, -0.05) is 18.2 Å². The number of hydrogen-bond donors (Lipinski definition) is 1. The van der Waals surface area contributed by atoms with E-state index in [4.69, 9.17) is 0 Å². The van der Waals surface area contributed by atoms with Gasteiger partial charge in [0.25, 0.3) is 5.91 Å².